The number of hydrogen-bond donors (Lipinski definition) is 0. The second-order valence-electron chi connectivity index (χ2n) is 4.22. The summed E-state index contributed by atoms with van der Waals surface area (Å²) in [4.78, 5) is 25.0. The van der Waals surface area contributed by atoms with E-state index in [0.29, 0.717) is 24.3 Å². The van der Waals surface area contributed by atoms with Crippen molar-refractivity contribution in [3.05, 3.63) is 29.3 Å². The molecule has 1 aliphatic heterocycles. The first kappa shape index (κ1) is 11.6. The van der Waals surface area contributed by atoms with E-state index in [4.69, 9.17) is 4.74 Å². The highest BCUT2D eigenvalue weighted by atomic mass is 16.5. The van der Waals surface area contributed by atoms with E-state index in [1.807, 2.05) is 13.0 Å². The fourth-order valence-electron chi connectivity index (χ4n) is 1.96. The predicted molar refractivity (Wildman–Crippen MR) is 63.3 cm³/mol. The summed E-state index contributed by atoms with van der Waals surface area (Å²) in [7, 11) is 1.54. The summed E-state index contributed by atoms with van der Waals surface area (Å²) in [6, 6.07) is 5.47. The highest BCUT2D eigenvalue weighted by Crippen LogP contribution is 2.22. The number of carbonyl (C=O) groups is 2. The molecule has 1 amide bonds. The quantitative estimate of drug-likeness (QED) is 0.776. The molecule has 90 valence electrons. The third-order valence-electron chi connectivity index (χ3n) is 2.90. The van der Waals surface area contributed by atoms with Crippen LogP contribution in [0.1, 0.15) is 22.3 Å². The Kier molecular flexibility index (Phi) is 3.13. The largest absolute Gasteiger partial charge is 0.496 e. The Bertz CT molecular complexity index is 468. The maximum atomic E-state index is 12.2. The van der Waals surface area contributed by atoms with Gasteiger partial charge in [-0.05, 0) is 19.1 Å². The van der Waals surface area contributed by atoms with Gasteiger partial charge in [0.25, 0.3) is 5.91 Å². The molecule has 1 heterocycles. The van der Waals surface area contributed by atoms with Crippen LogP contribution in [0, 0.1) is 6.92 Å². The molecular formula is C13H15NO3. The number of likely N-dealkylation sites (tertiary alicyclic amines) is 1. The number of carbonyl (C=O) groups excluding carboxylic acids is 2. The van der Waals surface area contributed by atoms with Gasteiger partial charge < -0.3 is 9.64 Å². The van der Waals surface area contributed by atoms with Crippen molar-refractivity contribution < 1.29 is 14.3 Å². The first-order valence-corrected chi connectivity index (χ1v) is 5.57. The number of benzene rings is 1. The first-order chi connectivity index (χ1) is 8.11. The number of rotatable bonds is 2. The van der Waals surface area contributed by atoms with Gasteiger partial charge in [-0.2, -0.15) is 0 Å². The second kappa shape index (κ2) is 4.57. The number of hydrogen-bond acceptors (Lipinski definition) is 3. The van der Waals surface area contributed by atoms with Gasteiger partial charge in [-0.15, -0.1) is 0 Å². The average Bonchev–Trinajstić information content (AvgIpc) is 2.75. The Morgan fingerprint density at radius 3 is 2.76 bits per heavy atom. The lowest BCUT2D eigenvalue weighted by Crippen LogP contribution is -2.29. The van der Waals surface area contributed by atoms with Crippen LogP contribution in [-0.2, 0) is 4.79 Å². The van der Waals surface area contributed by atoms with E-state index in [1.54, 1.807) is 17.0 Å². The molecule has 4 nitrogen and oxygen atoms in total. The number of aryl methyl sites for hydroxylation is 1. The van der Waals surface area contributed by atoms with E-state index in [1.165, 1.54) is 7.11 Å². The standard InChI is InChI=1S/C13H15NO3/c1-9-3-4-12(17-2)11(7-9)13(16)14-6-5-10(15)8-14/h3-4,7H,5-6,8H2,1-2H3. The zero-order valence-corrected chi connectivity index (χ0v) is 10.0. The van der Waals surface area contributed by atoms with Crippen LogP contribution < -0.4 is 4.74 Å². The van der Waals surface area contributed by atoms with Gasteiger partial charge in [0.1, 0.15) is 5.75 Å². The number of amides is 1. The summed E-state index contributed by atoms with van der Waals surface area (Å²) in [5.41, 5.74) is 1.53. The van der Waals surface area contributed by atoms with Crippen LogP contribution in [0.15, 0.2) is 18.2 Å². The Morgan fingerprint density at radius 2 is 2.18 bits per heavy atom. The number of nitrogens with zero attached hydrogens (tertiary/aromatic N) is 1. The van der Waals surface area contributed by atoms with Crippen LogP contribution >= 0.6 is 0 Å². The van der Waals surface area contributed by atoms with Crippen LogP contribution in [0.5, 0.6) is 5.75 Å². The number of ether oxygens (including phenoxy) is 1. The van der Waals surface area contributed by atoms with E-state index in [0.717, 1.165) is 5.56 Å². The zero-order valence-electron chi connectivity index (χ0n) is 10.0. The second-order valence-corrected chi connectivity index (χ2v) is 4.22. The lowest BCUT2D eigenvalue weighted by atomic mass is 10.1. The van der Waals surface area contributed by atoms with Gasteiger partial charge in [-0.1, -0.05) is 11.6 Å². The van der Waals surface area contributed by atoms with Gasteiger partial charge in [0, 0.05) is 13.0 Å². The molecule has 0 aromatic heterocycles. The summed E-state index contributed by atoms with van der Waals surface area (Å²) in [6.45, 7) is 2.65. The molecule has 1 aliphatic rings. The van der Waals surface area contributed by atoms with Gasteiger partial charge in [0.05, 0.1) is 19.2 Å². The fourth-order valence-corrected chi connectivity index (χ4v) is 1.96. The Hall–Kier alpha value is -1.84. The fraction of sp³-hybridized carbons (Fsp3) is 0.385. The lowest BCUT2D eigenvalue weighted by molar-refractivity contribution is -0.116. The van der Waals surface area contributed by atoms with Crippen LogP contribution in [0.2, 0.25) is 0 Å². The topological polar surface area (TPSA) is 46.6 Å². The molecule has 0 N–H and O–H groups in total. The van der Waals surface area contributed by atoms with Crippen molar-refractivity contribution in [1.82, 2.24) is 4.90 Å². The van der Waals surface area contributed by atoms with Crippen LogP contribution in [0.3, 0.4) is 0 Å². The summed E-state index contributed by atoms with van der Waals surface area (Å²) in [5, 5.41) is 0. The van der Waals surface area contributed by atoms with Crippen molar-refractivity contribution in [3.8, 4) is 5.75 Å². The third kappa shape index (κ3) is 2.30. The smallest absolute Gasteiger partial charge is 0.258 e. The van der Waals surface area contributed by atoms with E-state index in [-0.39, 0.29) is 18.2 Å². The SMILES string of the molecule is COc1ccc(C)cc1C(=O)N1CCC(=O)C1. The van der Waals surface area contributed by atoms with E-state index < -0.39 is 0 Å². The molecule has 2 rings (SSSR count). The van der Waals surface area contributed by atoms with Crippen molar-refractivity contribution in [1.29, 1.82) is 0 Å². The van der Waals surface area contributed by atoms with Crippen molar-refractivity contribution in [2.75, 3.05) is 20.2 Å². The van der Waals surface area contributed by atoms with Gasteiger partial charge in [-0.3, -0.25) is 9.59 Å². The predicted octanol–water partition coefficient (Wildman–Crippen LogP) is 1.42. The van der Waals surface area contributed by atoms with Gasteiger partial charge >= 0.3 is 0 Å². The monoisotopic (exact) mass is 233 g/mol. The highest BCUT2D eigenvalue weighted by Gasteiger charge is 2.26. The third-order valence-corrected chi connectivity index (χ3v) is 2.90. The van der Waals surface area contributed by atoms with E-state index in [2.05, 4.69) is 0 Å². The normalized spacial score (nSPS) is 15.2. The molecule has 4 heteroatoms. The molecule has 0 aliphatic carbocycles. The van der Waals surface area contributed by atoms with Crippen LogP contribution in [0.25, 0.3) is 0 Å². The molecular weight excluding hydrogens is 218 g/mol. The van der Waals surface area contributed by atoms with Gasteiger partial charge in [0.15, 0.2) is 5.78 Å². The Balaban J connectivity index is 2.29. The molecule has 1 fully saturated rings. The molecule has 0 spiro atoms. The Morgan fingerprint density at radius 1 is 1.41 bits per heavy atom. The van der Waals surface area contributed by atoms with Crippen molar-refractivity contribution >= 4 is 11.7 Å². The molecule has 0 saturated carbocycles. The molecule has 0 atom stereocenters. The summed E-state index contributed by atoms with van der Waals surface area (Å²) in [5.74, 6) is 0.543. The van der Waals surface area contributed by atoms with Crippen molar-refractivity contribution in [2.45, 2.75) is 13.3 Å². The van der Waals surface area contributed by atoms with Crippen molar-refractivity contribution in [3.63, 3.8) is 0 Å². The molecule has 17 heavy (non-hydrogen) atoms. The summed E-state index contributed by atoms with van der Waals surface area (Å²) < 4.78 is 5.18. The number of methoxy groups -OCH3 is 1. The molecule has 1 saturated heterocycles. The van der Waals surface area contributed by atoms with Crippen LogP contribution in [-0.4, -0.2) is 36.8 Å². The van der Waals surface area contributed by atoms with E-state index >= 15 is 0 Å². The maximum Gasteiger partial charge on any atom is 0.258 e. The summed E-state index contributed by atoms with van der Waals surface area (Å²) >= 11 is 0. The van der Waals surface area contributed by atoms with E-state index in [9.17, 15) is 9.59 Å². The minimum atomic E-state index is -0.128. The maximum absolute atomic E-state index is 12.2. The first-order valence-electron chi connectivity index (χ1n) is 5.57. The number of ketones is 1. The molecule has 0 radical (unpaired) electrons. The highest BCUT2D eigenvalue weighted by molar-refractivity contribution is 6.00. The molecule has 1 aromatic rings. The van der Waals surface area contributed by atoms with Gasteiger partial charge in [-0.25, -0.2) is 0 Å². The van der Waals surface area contributed by atoms with Crippen molar-refractivity contribution in [2.24, 2.45) is 0 Å². The Labute approximate surface area is 100 Å². The minimum absolute atomic E-state index is 0.116. The zero-order chi connectivity index (χ0) is 12.4. The minimum Gasteiger partial charge on any atom is -0.496 e. The van der Waals surface area contributed by atoms with Gasteiger partial charge in [0.2, 0.25) is 0 Å². The van der Waals surface area contributed by atoms with Crippen LogP contribution in [0.4, 0.5) is 0 Å². The molecule has 0 bridgehead atoms. The number of Topliss-reactive ketones (excluding diaryl/α,β-unsaturated/α-hetero) is 1. The molecule has 1 aromatic carbocycles. The average molecular weight is 233 g/mol. The summed E-state index contributed by atoms with van der Waals surface area (Å²) in [6.07, 6.45) is 0.458. The lowest BCUT2D eigenvalue weighted by Gasteiger charge is -2.16. The molecule has 0 unspecified atom stereocenters.